The maximum Gasteiger partial charge on any atom is 0.500 e. The van der Waals surface area contributed by atoms with Crippen molar-refractivity contribution in [2.45, 2.75) is 38.0 Å². The van der Waals surface area contributed by atoms with Crippen molar-refractivity contribution in [3.8, 4) is 0 Å². The number of esters is 1. The van der Waals surface area contributed by atoms with Gasteiger partial charge in [0, 0.05) is 40.3 Å². The maximum atomic E-state index is 11.5. The van der Waals surface area contributed by atoms with Crippen molar-refractivity contribution < 1.29 is 27.5 Å². The topological polar surface area (TPSA) is 75.3 Å². The van der Waals surface area contributed by atoms with Crippen LogP contribution in [-0.2, 0) is 27.5 Å². The zero-order chi connectivity index (χ0) is 15.6. The van der Waals surface area contributed by atoms with E-state index in [0.29, 0.717) is 19.6 Å². The number of nitrogens with one attached hydrogen (secondary N) is 1. The SMILES string of the molecule is CO[Si](CCCNCCC(=O)OC1CCCO1)(OC)OC. The Balaban J connectivity index is 2.02. The van der Waals surface area contributed by atoms with Crippen LogP contribution in [0.15, 0.2) is 0 Å². The molecule has 0 spiro atoms. The highest BCUT2D eigenvalue weighted by Gasteiger charge is 2.36. The molecule has 124 valence electrons. The van der Waals surface area contributed by atoms with Gasteiger partial charge in [0.25, 0.3) is 0 Å². The van der Waals surface area contributed by atoms with Crippen molar-refractivity contribution in [1.29, 1.82) is 0 Å². The third kappa shape index (κ3) is 6.85. The van der Waals surface area contributed by atoms with E-state index in [1.807, 2.05) is 0 Å². The molecule has 7 nitrogen and oxygen atoms in total. The Hall–Kier alpha value is -0.513. The first-order chi connectivity index (χ1) is 10.2. The lowest BCUT2D eigenvalue weighted by Crippen LogP contribution is -2.43. The zero-order valence-corrected chi connectivity index (χ0v) is 14.2. The van der Waals surface area contributed by atoms with Gasteiger partial charge >= 0.3 is 14.8 Å². The van der Waals surface area contributed by atoms with Crippen LogP contribution in [0.2, 0.25) is 6.04 Å². The summed E-state index contributed by atoms with van der Waals surface area (Å²) in [5, 5.41) is 3.20. The maximum absolute atomic E-state index is 11.5. The summed E-state index contributed by atoms with van der Waals surface area (Å²) in [4.78, 5) is 11.5. The normalized spacial score (nSPS) is 18.9. The number of carbonyl (C=O) groups excluding carboxylic acids is 1. The zero-order valence-electron chi connectivity index (χ0n) is 13.2. The number of hydrogen-bond acceptors (Lipinski definition) is 7. The molecule has 0 saturated carbocycles. The minimum Gasteiger partial charge on any atom is -0.436 e. The van der Waals surface area contributed by atoms with Gasteiger partial charge in [-0.2, -0.15) is 0 Å². The molecule has 1 aliphatic rings. The molecule has 1 N–H and O–H groups in total. The lowest BCUT2D eigenvalue weighted by atomic mass is 10.3. The molecule has 1 atom stereocenters. The van der Waals surface area contributed by atoms with E-state index in [-0.39, 0.29) is 12.3 Å². The van der Waals surface area contributed by atoms with E-state index in [4.69, 9.17) is 22.8 Å². The molecule has 1 rings (SSSR count). The summed E-state index contributed by atoms with van der Waals surface area (Å²) >= 11 is 0. The molecule has 0 aromatic carbocycles. The van der Waals surface area contributed by atoms with Gasteiger partial charge in [-0.1, -0.05) is 0 Å². The molecule has 8 heteroatoms. The molecule has 0 amide bonds. The molecule has 1 fully saturated rings. The minimum atomic E-state index is -2.47. The summed E-state index contributed by atoms with van der Waals surface area (Å²) in [5.41, 5.74) is 0. The van der Waals surface area contributed by atoms with Crippen LogP contribution in [0.4, 0.5) is 0 Å². The van der Waals surface area contributed by atoms with E-state index < -0.39 is 8.80 Å². The Morgan fingerprint density at radius 3 is 2.52 bits per heavy atom. The molecule has 0 radical (unpaired) electrons. The molecule has 1 heterocycles. The molecule has 21 heavy (non-hydrogen) atoms. The number of hydrogen-bond donors (Lipinski definition) is 1. The fraction of sp³-hybridized carbons (Fsp3) is 0.923. The van der Waals surface area contributed by atoms with Crippen molar-refractivity contribution in [3.05, 3.63) is 0 Å². The lowest BCUT2D eigenvalue weighted by molar-refractivity contribution is -0.169. The Bertz CT molecular complexity index is 286. The van der Waals surface area contributed by atoms with Gasteiger partial charge in [0.05, 0.1) is 13.0 Å². The summed E-state index contributed by atoms with van der Waals surface area (Å²) in [5.74, 6) is -0.219. The molecular weight excluding hydrogens is 294 g/mol. The van der Waals surface area contributed by atoms with Crippen LogP contribution in [-0.4, -0.2) is 62.1 Å². The molecule has 0 bridgehead atoms. The van der Waals surface area contributed by atoms with Crippen LogP contribution in [0.1, 0.15) is 25.7 Å². The van der Waals surface area contributed by atoms with Crippen LogP contribution in [0.3, 0.4) is 0 Å². The Morgan fingerprint density at radius 1 is 1.24 bits per heavy atom. The highest BCUT2D eigenvalue weighted by Crippen LogP contribution is 2.14. The van der Waals surface area contributed by atoms with Gasteiger partial charge in [-0.25, -0.2) is 0 Å². The predicted molar refractivity (Wildman–Crippen MR) is 78.8 cm³/mol. The Labute approximate surface area is 127 Å². The van der Waals surface area contributed by atoms with Crippen molar-refractivity contribution in [2.24, 2.45) is 0 Å². The second kappa shape index (κ2) is 10.3. The van der Waals surface area contributed by atoms with Gasteiger partial charge in [-0.3, -0.25) is 4.79 Å². The van der Waals surface area contributed by atoms with E-state index in [9.17, 15) is 4.79 Å². The second-order valence-electron chi connectivity index (χ2n) is 4.83. The lowest BCUT2D eigenvalue weighted by Gasteiger charge is -2.24. The van der Waals surface area contributed by atoms with Crippen molar-refractivity contribution >= 4 is 14.8 Å². The smallest absolute Gasteiger partial charge is 0.436 e. The summed E-state index contributed by atoms with van der Waals surface area (Å²) in [6.07, 6.45) is 2.63. The van der Waals surface area contributed by atoms with Crippen molar-refractivity contribution in [2.75, 3.05) is 41.0 Å². The molecule has 0 aliphatic carbocycles. The average molecular weight is 321 g/mol. The fourth-order valence-electron chi connectivity index (χ4n) is 2.15. The van der Waals surface area contributed by atoms with Crippen molar-refractivity contribution in [1.82, 2.24) is 5.32 Å². The third-order valence-electron chi connectivity index (χ3n) is 3.43. The highest BCUT2D eigenvalue weighted by molar-refractivity contribution is 6.60. The molecule has 1 unspecified atom stereocenters. The van der Waals surface area contributed by atoms with Gasteiger partial charge in [0.2, 0.25) is 6.29 Å². The van der Waals surface area contributed by atoms with Crippen LogP contribution < -0.4 is 5.32 Å². The number of rotatable bonds is 11. The van der Waals surface area contributed by atoms with Gasteiger partial charge in [-0.15, -0.1) is 0 Å². The van der Waals surface area contributed by atoms with Crippen LogP contribution in [0, 0.1) is 0 Å². The van der Waals surface area contributed by atoms with Crippen LogP contribution in [0.5, 0.6) is 0 Å². The molecule has 1 saturated heterocycles. The molecule has 0 aromatic heterocycles. The van der Waals surface area contributed by atoms with Gasteiger partial charge in [-0.05, 0) is 19.4 Å². The average Bonchev–Trinajstić information content (AvgIpc) is 3.00. The number of ether oxygens (including phenoxy) is 2. The largest absolute Gasteiger partial charge is 0.500 e. The van der Waals surface area contributed by atoms with Gasteiger partial charge in [0.15, 0.2) is 0 Å². The molecular formula is C13H27NO6Si. The highest BCUT2D eigenvalue weighted by atomic mass is 28.4. The van der Waals surface area contributed by atoms with Gasteiger partial charge in [0.1, 0.15) is 0 Å². The standard InChI is InChI=1S/C13H27NO6Si/c1-16-21(17-2,18-3)11-5-8-14-9-7-12(15)20-13-6-4-10-19-13/h13-14H,4-11H2,1-3H3. The van der Waals surface area contributed by atoms with E-state index in [0.717, 1.165) is 31.9 Å². The predicted octanol–water partition coefficient (Wildman–Crippen LogP) is 0.914. The first-order valence-corrected chi connectivity index (χ1v) is 9.26. The van der Waals surface area contributed by atoms with E-state index in [1.54, 1.807) is 21.3 Å². The quantitative estimate of drug-likeness (QED) is 0.344. The summed E-state index contributed by atoms with van der Waals surface area (Å²) in [6.45, 7) is 2.05. The molecule has 0 aromatic rings. The summed E-state index contributed by atoms with van der Waals surface area (Å²) < 4.78 is 26.4. The first kappa shape index (κ1) is 18.5. The first-order valence-electron chi connectivity index (χ1n) is 7.33. The second-order valence-corrected chi connectivity index (χ2v) is 7.92. The fourth-order valence-corrected chi connectivity index (χ4v) is 3.87. The van der Waals surface area contributed by atoms with Crippen LogP contribution >= 0.6 is 0 Å². The van der Waals surface area contributed by atoms with Crippen LogP contribution in [0.25, 0.3) is 0 Å². The molecule has 1 aliphatic heterocycles. The summed E-state index contributed by atoms with van der Waals surface area (Å²) in [7, 11) is 2.34. The monoisotopic (exact) mass is 321 g/mol. The van der Waals surface area contributed by atoms with E-state index in [2.05, 4.69) is 5.32 Å². The Morgan fingerprint density at radius 2 is 1.95 bits per heavy atom. The number of carbonyl (C=O) groups is 1. The third-order valence-corrected chi connectivity index (χ3v) is 6.26. The summed E-state index contributed by atoms with van der Waals surface area (Å²) in [6, 6.07) is 0.740. The minimum absolute atomic E-state index is 0.219. The van der Waals surface area contributed by atoms with E-state index in [1.165, 1.54) is 0 Å². The van der Waals surface area contributed by atoms with Gasteiger partial charge < -0.3 is 28.1 Å². The van der Waals surface area contributed by atoms with Crippen molar-refractivity contribution in [3.63, 3.8) is 0 Å². The Kier molecular flexibility index (Phi) is 9.05. The van der Waals surface area contributed by atoms with E-state index >= 15 is 0 Å².